The first-order valence-corrected chi connectivity index (χ1v) is 6.36. The van der Waals surface area contributed by atoms with E-state index >= 15 is 0 Å². The third kappa shape index (κ3) is 3.02. The topological polar surface area (TPSA) is 83.2 Å². The van der Waals surface area contributed by atoms with E-state index in [2.05, 4.69) is 15.0 Å². The van der Waals surface area contributed by atoms with Crippen LogP contribution in [0.3, 0.4) is 0 Å². The molecular weight excluding hydrogens is 303 g/mol. The molecule has 2 rings (SSSR count). The van der Waals surface area contributed by atoms with Crippen LogP contribution in [0.25, 0.3) is 0 Å². The van der Waals surface area contributed by atoms with Crippen molar-refractivity contribution < 1.29 is 9.47 Å². The van der Waals surface area contributed by atoms with Crippen LogP contribution in [-0.4, -0.2) is 29.2 Å². The minimum absolute atomic E-state index is 0.172. The maximum Gasteiger partial charge on any atom is 0.322 e. The SMILES string of the molecule is COc1nc(Cc2ccc(Cl)c(Cl)c2N)nc(OC)n1. The lowest BCUT2D eigenvalue weighted by molar-refractivity contribution is 0.337. The Bertz CT molecular complexity index is 615. The summed E-state index contributed by atoms with van der Waals surface area (Å²) in [5.41, 5.74) is 7.08. The van der Waals surface area contributed by atoms with E-state index in [0.717, 1.165) is 5.56 Å². The molecule has 0 saturated heterocycles. The Hall–Kier alpha value is -1.79. The van der Waals surface area contributed by atoms with Crippen molar-refractivity contribution in [1.82, 2.24) is 15.0 Å². The van der Waals surface area contributed by atoms with Crippen molar-refractivity contribution in [3.8, 4) is 12.0 Å². The maximum atomic E-state index is 6.01. The molecule has 0 unspecified atom stereocenters. The zero-order valence-electron chi connectivity index (χ0n) is 10.9. The van der Waals surface area contributed by atoms with Gasteiger partial charge in [-0.3, -0.25) is 0 Å². The van der Waals surface area contributed by atoms with Crippen LogP contribution in [0.15, 0.2) is 12.1 Å². The largest absolute Gasteiger partial charge is 0.467 e. The highest BCUT2D eigenvalue weighted by Crippen LogP contribution is 2.31. The van der Waals surface area contributed by atoms with Gasteiger partial charge in [0.1, 0.15) is 5.82 Å². The summed E-state index contributed by atoms with van der Waals surface area (Å²) in [6, 6.07) is 3.79. The predicted molar refractivity (Wildman–Crippen MR) is 76.6 cm³/mol. The Morgan fingerprint density at radius 1 is 1.05 bits per heavy atom. The highest BCUT2D eigenvalue weighted by Gasteiger charge is 2.12. The number of rotatable bonds is 4. The van der Waals surface area contributed by atoms with Crippen LogP contribution in [0.4, 0.5) is 5.69 Å². The molecule has 0 aliphatic heterocycles. The van der Waals surface area contributed by atoms with E-state index in [9.17, 15) is 0 Å². The smallest absolute Gasteiger partial charge is 0.322 e. The molecule has 0 radical (unpaired) electrons. The Morgan fingerprint density at radius 3 is 2.20 bits per heavy atom. The molecule has 1 aromatic carbocycles. The lowest BCUT2D eigenvalue weighted by Gasteiger charge is -2.09. The number of nitrogens with zero attached hydrogens (tertiary/aromatic N) is 3. The first-order valence-electron chi connectivity index (χ1n) is 5.60. The molecule has 0 saturated carbocycles. The number of anilines is 1. The van der Waals surface area contributed by atoms with E-state index in [0.29, 0.717) is 28.0 Å². The predicted octanol–water partition coefficient (Wildman–Crippen LogP) is 2.37. The summed E-state index contributed by atoms with van der Waals surface area (Å²) in [7, 11) is 2.93. The third-order valence-corrected chi connectivity index (χ3v) is 3.40. The van der Waals surface area contributed by atoms with Crippen molar-refractivity contribution in [2.24, 2.45) is 0 Å². The van der Waals surface area contributed by atoms with E-state index < -0.39 is 0 Å². The van der Waals surface area contributed by atoms with E-state index in [4.69, 9.17) is 38.4 Å². The van der Waals surface area contributed by atoms with Crippen molar-refractivity contribution in [2.75, 3.05) is 20.0 Å². The number of nitrogen functional groups attached to an aromatic ring is 1. The van der Waals surface area contributed by atoms with Crippen LogP contribution in [0.1, 0.15) is 11.4 Å². The number of ether oxygens (including phenoxy) is 2. The summed E-state index contributed by atoms with van der Waals surface area (Å²) in [5, 5.41) is 0.718. The number of halogens is 2. The molecule has 2 N–H and O–H groups in total. The van der Waals surface area contributed by atoms with Crippen LogP contribution in [0.2, 0.25) is 10.0 Å². The van der Waals surface area contributed by atoms with E-state index in [1.807, 2.05) is 0 Å². The molecule has 0 spiro atoms. The average Bonchev–Trinajstić information content (AvgIpc) is 2.47. The van der Waals surface area contributed by atoms with Crippen molar-refractivity contribution in [3.63, 3.8) is 0 Å². The second kappa shape index (κ2) is 6.11. The monoisotopic (exact) mass is 314 g/mol. The maximum absolute atomic E-state index is 6.01. The number of aromatic nitrogens is 3. The Kier molecular flexibility index (Phi) is 4.46. The van der Waals surface area contributed by atoms with Gasteiger partial charge in [0, 0.05) is 6.42 Å². The van der Waals surface area contributed by atoms with Gasteiger partial charge in [0.2, 0.25) is 0 Å². The van der Waals surface area contributed by atoms with Gasteiger partial charge in [0.25, 0.3) is 0 Å². The summed E-state index contributed by atoms with van der Waals surface area (Å²) in [5.74, 6) is 0.457. The zero-order chi connectivity index (χ0) is 14.7. The fourth-order valence-corrected chi connectivity index (χ4v) is 1.92. The number of hydrogen-bond donors (Lipinski definition) is 1. The van der Waals surface area contributed by atoms with Crippen molar-refractivity contribution in [1.29, 1.82) is 0 Å². The number of methoxy groups -OCH3 is 2. The van der Waals surface area contributed by atoms with Gasteiger partial charge in [0.15, 0.2) is 0 Å². The summed E-state index contributed by atoms with van der Waals surface area (Å²) < 4.78 is 9.97. The summed E-state index contributed by atoms with van der Waals surface area (Å²) in [6.07, 6.45) is 0.359. The van der Waals surface area contributed by atoms with Gasteiger partial charge in [-0.2, -0.15) is 9.97 Å². The van der Waals surface area contributed by atoms with Crippen molar-refractivity contribution in [2.45, 2.75) is 6.42 Å². The number of nitrogens with two attached hydrogens (primary N) is 1. The normalized spacial score (nSPS) is 10.4. The standard InChI is InChI=1S/C12H12Cl2N4O2/c1-19-11-16-8(17-12(18-11)20-2)5-6-3-4-7(13)9(14)10(6)15/h3-4H,5,15H2,1-2H3. The van der Waals surface area contributed by atoms with Crippen molar-refractivity contribution >= 4 is 28.9 Å². The molecule has 0 fully saturated rings. The van der Waals surface area contributed by atoms with Gasteiger partial charge in [-0.1, -0.05) is 29.3 Å². The Balaban J connectivity index is 2.37. The van der Waals surface area contributed by atoms with Crippen LogP contribution < -0.4 is 15.2 Å². The van der Waals surface area contributed by atoms with Gasteiger partial charge in [-0.25, -0.2) is 0 Å². The van der Waals surface area contributed by atoms with Crippen LogP contribution in [0.5, 0.6) is 12.0 Å². The minimum Gasteiger partial charge on any atom is -0.467 e. The minimum atomic E-state index is 0.172. The van der Waals surface area contributed by atoms with Gasteiger partial charge in [-0.05, 0) is 11.6 Å². The molecule has 0 aliphatic carbocycles. The Morgan fingerprint density at radius 2 is 1.65 bits per heavy atom. The van der Waals surface area contributed by atoms with Crippen LogP contribution in [-0.2, 0) is 6.42 Å². The van der Waals surface area contributed by atoms with E-state index in [1.54, 1.807) is 12.1 Å². The van der Waals surface area contributed by atoms with Crippen molar-refractivity contribution in [3.05, 3.63) is 33.6 Å². The van der Waals surface area contributed by atoms with Crippen LogP contribution in [0, 0.1) is 0 Å². The summed E-state index contributed by atoms with van der Waals surface area (Å²) in [6.45, 7) is 0. The highest BCUT2D eigenvalue weighted by molar-refractivity contribution is 6.43. The molecule has 20 heavy (non-hydrogen) atoms. The lowest BCUT2D eigenvalue weighted by Crippen LogP contribution is -2.05. The van der Waals surface area contributed by atoms with Crippen LogP contribution >= 0.6 is 23.2 Å². The van der Waals surface area contributed by atoms with Gasteiger partial charge < -0.3 is 15.2 Å². The quantitative estimate of drug-likeness (QED) is 0.872. The molecule has 6 nitrogen and oxygen atoms in total. The van der Waals surface area contributed by atoms with E-state index in [1.165, 1.54) is 14.2 Å². The molecule has 8 heteroatoms. The fourth-order valence-electron chi connectivity index (χ4n) is 1.57. The van der Waals surface area contributed by atoms with Gasteiger partial charge >= 0.3 is 12.0 Å². The Labute approximate surface area is 125 Å². The van der Waals surface area contributed by atoms with Gasteiger partial charge in [0.05, 0.1) is 30.0 Å². The number of benzene rings is 1. The van der Waals surface area contributed by atoms with E-state index in [-0.39, 0.29) is 12.0 Å². The second-order valence-electron chi connectivity index (χ2n) is 3.84. The molecular formula is C12H12Cl2N4O2. The highest BCUT2D eigenvalue weighted by atomic mass is 35.5. The number of hydrogen-bond acceptors (Lipinski definition) is 6. The lowest BCUT2D eigenvalue weighted by atomic mass is 10.1. The molecule has 0 aliphatic rings. The molecule has 106 valence electrons. The summed E-state index contributed by atoms with van der Waals surface area (Å²) in [4.78, 5) is 12.2. The second-order valence-corrected chi connectivity index (χ2v) is 4.62. The molecule has 1 heterocycles. The first kappa shape index (κ1) is 14.6. The summed E-state index contributed by atoms with van der Waals surface area (Å²) >= 11 is 11.9. The first-order chi connectivity index (χ1) is 9.55. The average molecular weight is 315 g/mol. The zero-order valence-corrected chi connectivity index (χ0v) is 12.4. The van der Waals surface area contributed by atoms with Gasteiger partial charge in [-0.15, -0.1) is 4.98 Å². The third-order valence-electron chi connectivity index (χ3n) is 2.58. The molecule has 0 atom stereocenters. The fraction of sp³-hybridized carbons (Fsp3) is 0.250. The molecule has 0 amide bonds. The molecule has 1 aromatic heterocycles. The molecule has 2 aromatic rings. The molecule has 0 bridgehead atoms.